The van der Waals surface area contributed by atoms with Crippen molar-refractivity contribution in [1.82, 2.24) is 19.7 Å². The van der Waals surface area contributed by atoms with E-state index >= 15 is 0 Å². The number of carbonyl (C=O) groups excluding carboxylic acids is 1. The maximum Gasteiger partial charge on any atom is 0.196 e. The molecule has 170 valence electrons. The van der Waals surface area contributed by atoms with Crippen LogP contribution >= 0.6 is 11.8 Å². The molecule has 2 heterocycles. The van der Waals surface area contributed by atoms with Gasteiger partial charge in [0.2, 0.25) is 0 Å². The maximum atomic E-state index is 13.6. The Balaban J connectivity index is 1.31. The first kappa shape index (κ1) is 21.1. The molecule has 1 aromatic carbocycles. The number of hydrogen-bond donors (Lipinski definition) is 0. The number of ketones is 1. The van der Waals surface area contributed by atoms with Crippen LogP contribution in [0, 0.1) is 37.0 Å². The number of pyridine rings is 1. The molecule has 4 aliphatic carbocycles. The Bertz CT molecular complexity index is 1170. The normalized spacial score (nSPS) is 27.8. The summed E-state index contributed by atoms with van der Waals surface area (Å²) in [6, 6.07) is 10.3. The molecule has 0 amide bonds. The number of aromatic nitrogens is 4. The maximum absolute atomic E-state index is 13.6. The van der Waals surface area contributed by atoms with Gasteiger partial charge in [0.05, 0.1) is 11.4 Å². The fraction of sp³-hybridized carbons (Fsp3) is 0.481. The summed E-state index contributed by atoms with van der Waals surface area (Å²) < 4.78 is 2.10. The van der Waals surface area contributed by atoms with Crippen LogP contribution in [0.3, 0.4) is 0 Å². The molecule has 0 saturated heterocycles. The largest absolute Gasteiger partial charge is 0.298 e. The van der Waals surface area contributed by atoms with Gasteiger partial charge in [0, 0.05) is 23.4 Å². The molecule has 0 aliphatic heterocycles. The van der Waals surface area contributed by atoms with Crippen LogP contribution in [0.2, 0.25) is 0 Å². The first-order valence-electron chi connectivity index (χ1n) is 12.1. The first-order valence-corrected chi connectivity index (χ1v) is 13.1. The average Bonchev–Trinajstić information content (AvgIpc) is 3.23. The molecule has 0 radical (unpaired) electrons. The fourth-order valence-corrected chi connectivity index (χ4v) is 7.87. The standard InChI is InChI=1S/C27H30N4OS/c1-17-3-4-23(9-18(17)2)31-25(22-5-7-28-8-6-22)29-30-26(31)33-16-24(32)27-13-19-10-20(14-27)12-21(11-19)15-27/h3-9,19-21H,10-16H2,1-2H3. The molecular formula is C27H30N4OS. The van der Waals surface area contributed by atoms with E-state index in [1.54, 1.807) is 24.2 Å². The van der Waals surface area contributed by atoms with Gasteiger partial charge in [-0.15, -0.1) is 10.2 Å². The predicted octanol–water partition coefficient (Wildman–Crippen LogP) is 5.82. The minimum atomic E-state index is -0.0685. The van der Waals surface area contributed by atoms with Gasteiger partial charge in [-0.05, 0) is 106 Å². The number of benzene rings is 1. The van der Waals surface area contributed by atoms with Gasteiger partial charge < -0.3 is 0 Å². The fourth-order valence-electron chi connectivity index (χ4n) is 6.88. The lowest BCUT2D eigenvalue weighted by molar-refractivity contribution is -0.141. The third kappa shape index (κ3) is 3.72. The van der Waals surface area contributed by atoms with Gasteiger partial charge in [0.1, 0.15) is 5.78 Å². The van der Waals surface area contributed by atoms with Crippen LogP contribution in [-0.2, 0) is 4.79 Å². The number of hydrogen-bond acceptors (Lipinski definition) is 5. The average molecular weight is 459 g/mol. The molecule has 0 N–H and O–H groups in total. The van der Waals surface area contributed by atoms with Gasteiger partial charge >= 0.3 is 0 Å². The number of Topliss-reactive ketones (excluding diaryl/α,β-unsaturated/α-hetero) is 1. The molecule has 4 bridgehead atoms. The summed E-state index contributed by atoms with van der Waals surface area (Å²) in [5, 5.41) is 9.86. The van der Waals surface area contributed by atoms with Crippen molar-refractivity contribution < 1.29 is 4.79 Å². The van der Waals surface area contributed by atoms with Crippen molar-refractivity contribution in [1.29, 1.82) is 0 Å². The molecule has 0 atom stereocenters. The minimum absolute atomic E-state index is 0.0685. The van der Waals surface area contributed by atoms with Gasteiger partial charge in [-0.2, -0.15) is 0 Å². The summed E-state index contributed by atoms with van der Waals surface area (Å²) in [6.07, 6.45) is 11.0. The van der Waals surface area contributed by atoms with Crippen molar-refractivity contribution in [2.24, 2.45) is 23.2 Å². The van der Waals surface area contributed by atoms with Crippen LogP contribution in [0.1, 0.15) is 49.7 Å². The lowest BCUT2D eigenvalue weighted by atomic mass is 9.48. The van der Waals surface area contributed by atoms with Crippen LogP contribution in [0.25, 0.3) is 17.1 Å². The molecule has 4 saturated carbocycles. The van der Waals surface area contributed by atoms with Crippen molar-refractivity contribution in [2.45, 2.75) is 57.5 Å². The van der Waals surface area contributed by atoms with Gasteiger partial charge in [0.15, 0.2) is 11.0 Å². The molecule has 7 rings (SSSR count). The third-order valence-corrected chi connectivity index (χ3v) is 9.21. The Morgan fingerprint density at radius 2 is 1.64 bits per heavy atom. The van der Waals surface area contributed by atoms with Gasteiger partial charge in [-0.1, -0.05) is 17.8 Å². The SMILES string of the molecule is Cc1ccc(-n2c(SCC(=O)C34CC5CC(CC(C5)C3)C4)nnc2-c2ccncc2)cc1C. The zero-order chi connectivity index (χ0) is 22.6. The highest BCUT2D eigenvalue weighted by atomic mass is 32.2. The number of aryl methyl sites for hydroxylation is 2. The van der Waals surface area contributed by atoms with Crippen LogP contribution in [-0.4, -0.2) is 31.3 Å². The summed E-state index contributed by atoms with van der Waals surface area (Å²) in [5.74, 6) is 4.04. The summed E-state index contributed by atoms with van der Waals surface area (Å²) in [6.45, 7) is 4.24. The second kappa shape index (κ2) is 8.08. The Labute approximate surface area is 199 Å². The first-order chi connectivity index (χ1) is 16.0. The zero-order valence-electron chi connectivity index (χ0n) is 19.3. The van der Waals surface area contributed by atoms with E-state index in [0.717, 1.165) is 59.2 Å². The van der Waals surface area contributed by atoms with E-state index in [4.69, 9.17) is 0 Å². The lowest BCUT2D eigenvalue weighted by Gasteiger charge is -2.56. The van der Waals surface area contributed by atoms with Gasteiger partial charge in [0.25, 0.3) is 0 Å². The molecular weight excluding hydrogens is 428 g/mol. The Hall–Kier alpha value is -2.47. The number of carbonyl (C=O) groups is 1. The summed E-state index contributed by atoms with van der Waals surface area (Å²) >= 11 is 1.55. The van der Waals surface area contributed by atoms with E-state index in [1.165, 1.54) is 30.4 Å². The van der Waals surface area contributed by atoms with E-state index in [2.05, 4.69) is 51.8 Å². The molecule has 2 aromatic heterocycles. The predicted molar refractivity (Wildman–Crippen MR) is 130 cm³/mol. The highest BCUT2D eigenvalue weighted by Gasteiger charge is 2.54. The molecule has 6 heteroatoms. The Kier molecular flexibility index (Phi) is 5.17. The molecule has 4 aliphatic rings. The van der Waals surface area contributed by atoms with Crippen molar-refractivity contribution >= 4 is 17.5 Å². The van der Waals surface area contributed by atoms with Crippen LogP contribution in [0.5, 0.6) is 0 Å². The third-order valence-electron chi connectivity index (χ3n) is 8.28. The second-order valence-corrected chi connectivity index (χ2v) is 11.5. The van der Waals surface area contributed by atoms with Crippen molar-refractivity contribution in [3.8, 4) is 17.1 Å². The van der Waals surface area contributed by atoms with E-state index in [9.17, 15) is 4.79 Å². The highest BCUT2D eigenvalue weighted by molar-refractivity contribution is 7.99. The zero-order valence-corrected chi connectivity index (χ0v) is 20.1. The molecule has 3 aromatic rings. The summed E-state index contributed by atoms with van der Waals surface area (Å²) in [4.78, 5) is 17.8. The summed E-state index contributed by atoms with van der Waals surface area (Å²) in [5.41, 5.74) is 4.40. The minimum Gasteiger partial charge on any atom is -0.298 e. The van der Waals surface area contributed by atoms with Crippen LogP contribution < -0.4 is 0 Å². The number of thioether (sulfide) groups is 1. The highest BCUT2D eigenvalue weighted by Crippen LogP contribution is 2.60. The van der Waals surface area contributed by atoms with Crippen molar-refractivity contribution in [3.63, 3.8) is 0 Å². The lowest BCUT2D eigenvalue weighted by Crippen LogP contribution is -2.50. The van der Waals surface area contributed by atoms with E-state index in [1.807, 2.05) is 12.1 Å². The van der Waals surface area contributed by atoms with Crippen LogP contribution in [0.4, 0.5) is 0 Å². The monoisotopic (exact) mass is 458 g/mol. The smallest absolute Gasteiger partial charge is 0.196 e. The molecule has 33 heavy (non-hydrogen) atoms. The van der Waals surface area contributed by atoms with E-state index in [-0.39, 0.29) is 5.41 Å². The second-order valence-electron chi connectivity index (χ2n) is 10.6. The van der Waals surface area contributed by atoms with Gasteiger partial charge in [-0.25, -0.2) is 0 Å². The van der Waals surface area contributed by atoms with Crippen LogP contribution in [0.15, 0.2) is 47.9 Å². The molecule has 4 fully saturated rings. The van der Waals surface area contributed by atoms with E-state index < -0.39 is 0 Å². The topological polar surface area (TPSA) is 60.7 Å². The molecule has 0 spiro atoms. The van der Waals surface area contributed by atoms with Crippen molar-refractivity contribution in [3.05, 3.63) is 53.9 Å². The number of rotatable bonds is 6. The Morgan fingerprint density at radius 1 is 0.970 bits per heavy atom. The van der Waals surface area contributed by atoms with Crippen molar-refractivity contribution in [2.75, 3.05) is 5.75 Å². The van der Waals surface area contributed by atoms with E-state index in [0.29, 0.717) is 11.5 Å². The number of nitrogens with zero attached hydrogens (tertiary/aromatic N) is 4. The van der Waals surface area contributed by atoms with Gasteiger partial charge in [-0.3, -0.25) is 14.3 Å². The summed E-state index contributed by atoms with van der Waals surface area (Å²) in [7, 11) is 0. The molecule has 5 nitrogen and oxygen atoms in total. The Morgan fingerprint density at radius 3 is 2.27 bits per heavy atom. The quantitative estimate of drug-likeness (QED) is 0.435. The molecule has 0 unspecified atom stereocenters.